The smallest absolute Gasteiger partial charge is 0.295 e. The Bertz CT molecular complexity index is 224. The monoisotopic (exact) mass is 308 g/mol. The lowest BCUT2D eigenvalue weighted by molar-refractivity contribution is -0.440. The highest BCUT2D eigenvalue weighted by atomic mass is 16.9. The Morgan fingerprint density at radius 1 is 0.714 bits per heavy atom. The predicted octanol–water partition coefficient (Wildman–Crippen LogP) is 1.27. The van der Waals surface area contributed by atoms with Crippen LogP contribution in [0.4, 0.5) is 0 Å². The number of unbranched alkanes of at least 4 members (excludes halogenated alkanes) is 2. The van der Waals surface area contributed by atoms with Gasteiger partial charge in [0.1, 0.15) is 5.41 Å². The van der Waals surface area contributed by atoms with E-state index in [1.54, 1.807) is 6.92 Å². The summed E-state index contributed by atoms with van der Waals surface area (Å²) in [5.41, 5.74) is -1.41. The highest BCUT2D eigenvalue weighted by Crippen LogP contribution is 2.37. The molecule has 0 bridgehead atoms. The minimum Gasteiger partial charge on any atom is -0.395 e. The van der Waals surface area contributed by atoms with Crippen LogP contribution in [-0.2, 0) is 14.2 Å². The fourth-order valence-electron chi connectivity index (χ4n) is 1.92. The van der Waals surface area contributed by atoms with E-state index >= 15 is 0 Å². The van der Waals surface area contributed by atoms with E-state index < -0.39 is 31.2 Å². The van der Waals surface area contributed by atoms with Gasteiger partial charge in [-0.3, -0.25) is 0 Å². The summed E-state index contributed by atoms with van der Waals surface area (Å²) >= 11 is 0. The highest BCUT2D eigenvalue weighted by Gasteiger charge is 2.55. The van der Waals surface area contributed by atoms with Crippen molar-refractivity contribution in [3.8, 4) is 0 Å². The molecule has 0 spiro atoms. The maximum Gasteiger partial charge on any atom is 0.295 e. The Morgan fingerprint density at radius 3 is 1.43 bits per heavy atom. The summed E-state index contributed by atoms with van der Waals surface area (Å²) in [6, 6.07) is 0. The first-order valence-electron chi connectivity index (χ1n) is 7.86. The second-order valence-corrected chi connectivity index (χ2v) is 5.15. The minimum atomic E-state index is -1.63. The summed E-state index contributed by atoms with van der Waals surface area (Å²) in [6.45, 7) is 5.34. The summed E-state index contributed by atoms with van der Waals surface area (Å²) in [7, 11) is 0. The Kier molecular flexibility index (Phi) is 11.2. The topological polar surface area (TPSA) is 88.4 Å². The van der Waals surface area contributed by atoms with Crippen LogP contribution in [0.25, 0.3) is 0 Å². The van der Waals surface area contributed by atoms with Crippen molar-refractivity contribution >= 4 is 0 Å². The minimum absolute atomic E-state index is 0.278. The van der Waals surface area contributed by atoms with Crippen LogP contribution < -0.4 is 0 Å². The maximum atomic E-state index is 9.69. The molecule has 6 heteroatoms. The molecule has 0 aromatic carbocycles. The third-order valence-corrected chi connectivity index (χ3v) is 3.47. The van der Waals surface area contributed by atoms with Crippen molar-refractivity contribution in [2.75, 3.05) is 39.6 Å². The number of rotatable bonds is 14. The van der Waals surface area contributed by atoms with Gasteiger partial charge in [0, 0.05) is 6.61 Å². The summed E-state index contributed by atoms with van der Waals surface area (Å²) in [5, 5.41) is 29.1. The van der Waals surface area contributed by atoms with Crippen LogP contribution in [0.3, 0.4) is 0 Å². The summed E-state index contributed by atoms with van der Waals surface area (Å²) in [6.07, 6.45) is 3.46. The predicted molar refractivity (Wildman–Crippen MR) is 79.8 cm³/mol. The van der Waals surface area contributed by atoms with Gasteiger partial charge in [0.2, 0.25) is 0 Å². The molecule has 0 unspecified atom stereocenters. The van der Waals surface area contributed by atoms with Gasteiger partial charge in [0.05, 0.1) is 33.0 Å². The van der Waals surface area contributed by atoms with Gasteiger partial charge in [-0.15, -0.1) is 0 Å². The van der Waals surface area contributed by atoms with Gasteiger partial charge in [-0.25, -0.2) is 0 Å². The van der Waals surface area contributed by atoms with Gasteiger partial charge in [-0.05, 0) is 19.8 Å². The number of aliphatic hydroxyl groups excluding tert-OH is 3. The van der Waals surface area contributed by atoms with Crippen molar-refractivity contribution in [3.63, 3.8) is 0 Å². The van der Waals surface area contributed by atoms with Crippen LogP contribution in [0, 0.1) is 5.41 Å². The number of ether oxygens (including phenoxy) is 3. The van der Waals surface area contributed by atoms with Crippen LogP contribution in [0.5, 0.6) is 0 Å². The molecule has 3 N–H and O–H groups in total. The van der Waals surface area contributed by atoms with Gasteiger partial charge in [0.15, 0.2) is 0 Å². The molecule has 0 fully saturated rings. The van der Waals surface area contributed by atoms with E-state index in [0.29, 0.717) is 13.2 Å². The Morgan fingerprint density at radius 2 is 1.14 bits per heavy atom. The van der Waals surface area contributed by atoms with Crippen molar-refractivity contribution in [1.82, 2.24) is 0 Å². The number of hydrogen-bond donors (Lipinski definition) is 3. The third-order valence-electron chi connectivity index (χ3n) is 3.47. The summed E-state index contributed by atoms with van der Waals surface area (Å²) in [5.74, 6) is -1.63. The fraction of sp³-hybridized carbons (Fsp3) is 1.00. The molecule has 0 saturated heterocycles. The zero-order valence-corrected chi connectivity index (χ0v) is 13.6. The molecule has 0 aliphatic rings. The Balaban J connectivity index is 5.29. The van der Waals surface area contributed by atoms with E-state index in [9.17, 15) is 15.3 Å². The molecule has 0 saturated carbocycles. The van der Waals surface area contributed by atoms with Crippen LogP contribution in [0.2, 0.25) is 0 Å². The molecular weight excluding hydrogens is 276 g/mol. The molecule has 0 aromatic heterocycles. The Labute approximate surface area is 128 Å². The van der Waals surface area contributed by atoms with E-state index in [1.807, 2.05) is 13.8 Å². The van der Waals surface area contributed by atoms with Crippen molar-refractivity contribution in [1.29, 1.82) is 0 Å². The van der Waals surface area contributed by atoms with Gasteiger partial charge in [-0.1, -0.05) is 26.7 Å². The molecule has 0 amide bonds. The van der Waals surface area contributed by atoms with Gasteiger partial charge < -0.3 is 29.5 Å². The number of hydrogen-bond acceptors (Lipinski definition) is 6. The normalized spacial score (nSPS) is 12.9. The maximum absolute atomic E-state index is 9.69. The van der Waals surface area contributed by atoms with Crippen LogP contribution in [-0.4, -0.2) is 60.9 Å². The standard InChI is InChI=1S/C15H32O6/c1-4-7-9-20-15(19-6-3,21-10-8-5-2)14(11-16,12-17)13-18/h16-18H,4-13H2,1-3H3. The van der Waals surface area contributed by atoms with Gasteiger partial charge in [-0.2, -0.15) is 0 Å². The van der Waals surface area contributed by atoms with E-state index in [2.05, 4.69) is 0 Å². The average Bonchev–Trinajstić information content (AvgIpc) is 2.50. The molecule has 0 atom stereocenters. The second-order valence-electron chi connectivity index (χ2n) is 5.15. The van der Waals surface area contributed by atoms with Crippen molar-refractivity contribution in [2.45, 2.75) is 52.4 Å². The number of aliphatic hydroxyl groups is 3. The molecular formula is C15H32O6. The zero-order chi connectivity index (χ0) is 16.2. The fourth-order valence-corrected chi connectivity index (χ4v) is 1.92. The second kappa shape index (κ2) is 11.3. The van der Waals surface area contributed by atoms with E-state index in [-0.39, 0.29) is 6.61 Å². The first-order chi connectivity index (χ1) is 10.1. The van der Waals surface area contributed by atoms with Crippen molar-refractivity contribution in [3.05, 3.63) is 0 Å². The van der Waals surface area contributed by atoms with Crippen molar-refractivity contribution in [2.24, 2.45) is 5.41 Å². The Hall–Kier alpha value is -0.240. The molecule has 0 aliphatic heterocycles. The van der Waals surface area contributed by atoms with Crippen molar-refractivity contribution < 1.29 is 29.5 Å². The summed E-state index contributed by atoms with van der Waals surface area (Å²) in [4.78, 5) is 0. The molecule has 0 rings (SSSR count). The SMILES string of the molecule is CCCCOC(OCC)(OCCCC)C(CO)(CO)CO. The molecule has 6 nitrogen and oxygen atoms in total. The van der Waals surface area contributed by atoms with Crippen LogP contribution >= 0.6 is 0 Å². The van der Waals surface area contributed by atoms with Crippen LogP contribution in [0.15, 0.2) is 0 Å². The highest BCUT2D eigenvalue weighted by molar-refractivity contribution is 4.88. The third kappa shape index (κ3) is 5.47. The van der Waals surface area contributed by atoms with Gasteiger partial charge in [0.25, 0.3) is 5.97 Å². The quantitative estimate of drug-likeness (QED) is 0.331. The van der Waals surface area contributed by atoms with Crippen LogP contribution in [0.1, 0.15) is 46.5 Å². The van der Waals surface area contributed by atoms with E-state index in [0.717, 1.165) is 25.7 Å². The zero-order valence-electron chi connectivity index (χ0n) is 13.6. The average molecular weight is 308 g/mol. The summed E-state index contributed by atoms with van der Waals surface area (Å²) < 4.78 is 17.2. The molecule has 0 heterocycles. The molecule has 128 valence electrons. The first kappa shape index (κ1) is 20.8. The molecule has 0 radical (unpaired) electrons. The lowest BCUT2D eigenvalue weighted by Crippen LogP contribution is -2.60. The largest absolute Gasteiger partial charge is 0.395 e. The molecule has 21 heavy (non-hydrogen) atoms. The molecule has 0 aliphatic carbocycles. The lowest BCUT2D eigenvalue weighted by atomic mass is 9.87. The van der Waals surface area contributed by atoms with E-state index in [4.69, 9.17) is 14.2 Å². The molecule has 0 aromatic rings. The lowest BCUT2D eigenvalue weighted by Gasteiger charge is -2.45. The first-order valence-corrected chi connectivity index (χ1v) is 7.86. The van der Waals surface area contributed by atoms with E-state index in [1.165, 1.54) is 0 Å². The van der Waals surface area contributed by atoms with Gasteiger partial charge >= 0.3 is 0 Å².